The van der Waals surface area contributed by atoms with Gasteiger partial charge in [-0.05, 0) is 55.8 Å². The van der Waals surface area contributed by atoms with Crippen LogP contribution in [0.4, 0.5) is 17.5 Å². The first-order valence-corrected chi connectivity index (χ1v) is 11.7. The third-order valence-electron chi connectivity index (χ3n) is 5.29. The minimum Gasteiger partial charge on any atom is -0.495 e. The topological polar surface area (TPSA) is 101 Å². The molecule has 0 atom stereocenters. The molecule has 3 heterocycles. The third kappa shape index (κ3) is 4.66. The maximum Gasteiger partial charge on any atom is 0.246 e. The molecule has 0 bridgehead atoms. The van der Waals surface area contributed by atoms with E-state index in [0.717, 1.165) is 11.3 Å². The van der Waals surface area contributed by atoms with E-state index in [4.69, 9.17) is 4.74 Å². The van der Waals surface area contributed by atoms with Crippen molar-refractivity contribution in [3.05, 3.63) is 59.8 Å². The number of nitrogens with one attached hydrogen (secondary N) is 1. The van der Waals surface area contributed by atoms with Gasteiger partial charge < -0.3 is 15.0 Å². The van der Waals surface area contributed by atoms with Crippen molar-refractivity contribution in [1.82, 2.24) is 19.5 Å². The quantitative estimate of drug-likeness (QED) is 0.607. The van der Waals surface area contributed by atoms with Crippen LogP contribution in [0.5, 0.6) is 5.75 Å². The van der Waals surface area contributed by atoms with E-state index in [1.807, 2.05) is 55.1 Å². The van der Waals surface area contributed by atoms with Gasteiger partial charge in [-0.2, -0.15) is 4.31 Å². The molecule has 1 aliphatic rings. The molecule has 9 nitrogen and oxygen atoms in total. The van der Waals surface area contributed by atoms with Crippen LogP contribution in [0.3, 0.4) is 0 Å². The number of hydrogen-bond acceptors (Lipinski definition) is 8. The van der Waals surface area contributed by atoms with Gasteiger partial charge in [-0.25, -0.2) is 13.4 Å². The van der Waals surface area contributed by atoms with Crippen molar-refractivity contribution >= 4 is 27.5 Å². The van der Waals surface area contributed by atoms with Crippen molar-refractivity contribution in [2.45, 2.75) is 18.7 Å². The maximum absolute atomic E-state index is 13.2. The van der Waals surface area contributed by atoms with Crippen molar-refractivity contribution < 1.29 is 13.2 Å². The summed E-state index contributed by atoms with van der Waals surface area (Å²) in [6.45, 7) is 5.54. The summed E-state index contributed by atoms with van der Waals surface area (Å²) in [5.41, 5.74) is 1.78. The summed E-state index contributed by atoms with van der Waals surface area (Å²) in [6.07, 6.45) is 0. The molecule has 1 aliphatic heterocycles. The van der Waals surface area contributed by atoms with Crippen LogP contribution >= 0.6 is 0 Å². The van der Waals surface area contributed by atoms with E-state index >= 15 is 0 Å². The zero-order chi connectivity index (χ0) is 22.7. The zero-order valence-corrected chi connectivity index (χ0v) is 19.1. The summed E-state index contributed by atoms with van der Waals surface area (Å²) >= 11 is 0. The number of hydrogen-bond donors (Lipinski definition) is 1. The molecule has 1 fully saturated rings. The molecule has 0 saturated carbocycles. The number of nitrogens with zero attached hydrogens (tertiary/aromatic N) is 5. The summed E-state index contributed by atoms with van der Waals surface area (Å²) in [5.74, 6) is 2.37. The number of pyridine rings is 1. The van der Waals surface area contributed by atoms with E-state index in [0.29, 0.717) is 49.4 Å². The molecular weight excluding hydrogens is 428 g/mol. The highest BCUT2D eigenvalue weighted by Crippen LogP contribution is 2.29. The Morgan fingerprint density at radius 3 is 2.38 bits per heavy atom. The highest BCUT2D eigenvalue weighted by atomic mass is 32.2. The first-order chi connectivity index (χ1) is 15.4. The second-order valence-corrected chi connectivity index (χ2v) is 9.52. The monoisotopic (exact) mass is 454 g/mol. The minimum atomic E-state index is -3.65. The van der Waals surface area contributed by atoms with Crippen LogP contribution in [0.25, 0.3) is 0 Å². The zero-order valence-electron chi connectivity index (χ0n) is 18.3. The fourth-order valence-electron chi connectivity index (χ4n) is 3.59. The predicted octanol–water partition coefficient (Wildman–Crippen LogP) is 2.75. The highest BCUT2D eigenvalue weighted by Gasteiger charge is 2.31. The molecule has 1 N–H and O–H groups in total. The van der Waals surface area contributed by atoms with E-state index in [9.17, 15) is 8.42 Å². The molecule has 0 aliphatic carbocycles. The predicted molar refractivity (Wildman–Crippen MR) is 123 cm³/mol. The Balaban J connectivity index is 1.42. The standard InChI is InChI=1S/C22H26N6O3S/c1-16-7-8-18(31-3)19(15-16)32(29,30)28-13-11-27(12-14-28)22-10-9-21(25-26-22)24-20-6-4-5-17(2)23-20/h4-10,15H,11-14H2,1-3H3,(H,23,24,25). The van der Waals surface area contributed by atoms with Crippen LogP contribution in [0.15, 0.2) is 53.4 Å². The van der Waals surface area contributed by atoms with E-state index in [1.54, 1.807) is 12.1 Å². The van der Waals surface area contributed by atoms with Gasteiger partial charge in [0, 0.05) is 31.9 Å². The van der Waals surface area contributed by atoms with Crippen LogP contribution < -0.4 is 15.0 Å². The van der Waals surface area contributed by atoms with E-state index in [2.05, 4.69) is 20.5 Å². The molecule has 3 aromatic rings. The molecule has 0 spiro atoms. The summed E-state index contributed by atoms with van der Waals surface area (Å²) in [5, 5.41) is 11.7. The smallest absolute Gasteiger partial charge is 0.246 e. The first-order valence-electron chi connectivity index (χ1n) is 10.3. The molecule has 0 radical (unpaired) electrons. The van der Waals surface area contributed by atoms with Crippen LogP contribution in [0.2, 0.25) is 0 Å². The Kier molecular flexibility index (Phi) is 6.24. The Morgan fingerprint density at radius 2 is 1.72 bits per heavy atom. The fourth-order valence-corrected chi connectivity index (χ4v) is 5.25. The lowest BCUT2D eigenvalue weighted by molar-refractivity contribution is 0.373. The summed E-state index contributed by atoms with van der Waals surface area (Å²) < 4.78 is 33.2. The summed E-state index contributed by atoms with van der Waals surface area (Å²) in [6, 6.07) is 14.6. The van der Waals surface area contributed by atoms with Crippen LogP contribution in [0.1, 0.15) is 11.3 Å². The summed E-state index contributed by atoms with van der Waals surface area (Å²) in [7, 11) is -2.17. The lowest BCUT2D eigenvalue weighted by Crippen LogP contribution is -2.49. The Hall–Kier alpha value is -3.24. The minimum absolute atomic E-state index is 0.202. The van der Waals surface area contributed by atoms with E-state index < -0.39 is 10.0 Å². The van der Waals surface area contributed by atoms with Crippen molar-refractivity contribution in [3.8, 4) is 5.75 Å². The number of benzene rings is 1. The number of rotatable bonds is 6. The van der Waals surface area contributed by atoms with Crippen molar-refractivity contribution in [2.24, 2.45) is 0 Å². The average molecular weight is 455 g/mol. The largest absolute Gasteiger partial charge is 0.495 e. The first kappa shape index (κ1) is 22.0. The molecule has 168 valence electrons. The molecule has 32 heavy (non-hydrogen) atoms. The second-order valence-electron chi connectivity index (χ2n) is 7.61. The van der Waals surface area contributed by atoms with Gasteiger partial charge in [-0.1, -0.05) is 12.1 Å². The maximum atomic E-state index is 13.2. The number of piperazine rings is 1. The van der Waals surface area contributed by atoms with Gasteiger partial charge in [0.2, 0.25) is 10.0 Å². The van der Waals surface area contributed by atoms with Crippen LogP contribution in [-0.4, -0.2) is 61.2 Å². The Labute approximate surface area is 188 Å². The third-order valence-corrected chi connectivity index (χ3v) is 7.21. The molecule has 0 unspecified atom stereocenters. The van der Waals surface area contributed by atoms with Crippen molar-refractivity contribution in [1.29, 1.82) is 0 Å². The van der Waals surface area contributed by atoms with Gasteiger partial charge in [0.1, 0.15) is 16.5 Å². The average Bonchev–Trinajstić information content (AvgIpc) is 2.80. The van der Waals surface area contributed by atoms with Gasteiger partial charge in [-0.3, -0.25) is 0 Å². The number of sulfonamides is 1. The summed E-state index contributed by atoms with van der Waals surface area (Å²) in [4.78, 5) is 6.63. The van der Waals surface area contributed by atoms with Crippen LogP contribution in [0, 0.1) is 13.8 Å². The number of aromatic nitrogens is 3. The SMILES string of the molecule is COc1ccc(C)cc1S(=O)(=O)N1CCN(c2ccc(Nc3cccc(C)n3)nn2)CC1. The van der Waals surface area contributed by atoms with Gasteiger partial charge in [0.15, 0.2) is 11.6 Å². The molecule has 1 aromatic carbocycles. The van der Waals surface area contributed by atoms with E-state index in [-0.39, 0.29) is 4.90 Å². The van der Waals surface area contributed by atoms with E-state index in [1.165, 1.54) is 11.4 Å². The van der Waals surface area contributed by atoms with Crippen molar-refractivity contribution in [2.75, 3.05) is 43.5 Å². The number of anilines is 3. The molecule has 1 saturated heterocycles. The molecule has 4 rings (SSSR count). The van der Waals surface area contributed by atoms with Gasteiger partial charge in [0.25, 0.3) is 0 Å². The van der Waals surface area contributed by atoms with Gasteiger partial charge in [-0.15, -0.1) is 10.2 Å². The highest BCUT2D eigenvalue weighted by molar-refractivity contribution is 7.89. The lowest BCUT2D eigenvalue weighted by atomic mass is 10.2. The van der Waals surface area contributed by atoms with Crippen molar-refractivity contribution in [3.63, 3.8) is 0 Å². The second kappa shape index (κ2) is 9.09. The fraction of sp³-hybridized carbons (Fsp3) is 0.318. The molecule has 10 heteroatoms. The lowest BCUT2D eigenvalue weighted by Gasteiger charge is -2.34. The molecule has 2 aromatic heterocycles. The molecular formula is C22H26N6O3S. The number of ether oxygens (including phenoxy) is 1. The van der Waals surface area contributed by atoms with Gasteiger partial charge >= 0.3 is 0 Å². The van der Waals surface area contributed by atoms with Crippen LogP contribution in [-0.2, 0) is 10.0 Å². The number of methoxy groups -OCH3 is 1. The Bertz CT molecular complexity index is 1190. The molecule has 0 amide bonds. The van der Waals surface area contributed by atoms with Gasteiger partial charge in [0.05, 0.1) is 7.11 Å². The normalized spacial score (nSPS) is 14.9. The Morgan fingerprint density at radius 1 is 0.938 bits per heavy atom. The number of aryl methyl sites for hydroxylation is 2.